The van der Waals surface area contributed by atoms with Gasteiger partial charge in [0.15, 0.2) is 5.78 Å². The number of hydrogen-bond donors (Lipinski definition) is 0. The summed E-state index contributed by atoms with van der Waals surface area (Å²) in [6, 6.07) is 12.4. The first kappa shape index (κ1) is 13.4. The number of benzene rings is 2. The molecule has 1 heterocycles. The van der Waals surface area contributed by atoms with E-state index in [4.69, 9.17) is 0 Å². The first-order chi connectivity index (χ1) is 9.58. The van der Waals surface area contributed by atoms with Crippen LogP contribution in [-0.4, -0.2) is 11.5 Å². The van der Waals surface area contributed by atoms with Crippen LogP contribution in [0.25, 0.3) is 0 Å². The molecule has 2 heteroatoms. The number of Topliss-reactive ketones (excluding diaryl/α,β-unsaturated/α-hetero) is 1. The minimum absolute atomic E-state index is 0.0111. The van der Waals surface area contributed by atoms with Crippen molar-refractivity contribution in [1.29, 1.82) is 0 Å². The normalized spacial score (nSPS) is 17.1. The molecule has 0 saturated heterocycles. The maximum absolute atomic E-state index is 12.9. The van der Waals surface area contributed by atoms with Crippen LogP contribution in [0.15, 0.2) is 41.3 Å². The fourth-order valence-corrected chi connectivity index (χ4v) is 4.02. The Morgan fingerprint density at radius 3 is 2.55 bits per heavy atom. The van der Waals surface area contributed by atoms with E-state index in [1.807, 2.05) is 19.1 Å². The van der Waals surface area contributed by atoms with Gasteiger partial charge < -0.3 is 0 Å². The summed E-state index contributed by atoms with van der Waals surface area (Å²) in [5.41, 5.74) is 5.61. The Balaban J connectivity index is 2.01. The zero-order valence-corrected chi connectivity index (χ0v) is 12.9. The Labute approximate surface area is 124 Å². The average molecular weight is 282 g/mol. The second-order valence-electron chi connectivity index (χ2n) is 5.52. The molecule has 1 aliphatic rings. The van der Waals surface area contributed by atoms with Crippen molar-refractivity contribution in [2.24, 2.45) is 0 Å². The lowest BCUT2D eigenvalue weighted by Gasteiger charge is -2.14. The SMILES string of the molecule is Cc1cc(C)c(C(=O)C2CSc3ccccc32)cc1C. The van der Waals surface area contributed by atoms with Gasteiger partial charge in [0.25, 0.3) is 0 Å². The molecular formula is C18H18OS. The number of thioether (sulfide) groups is 1. The van der Waals surface area contributed by atoms with Crippen LogP contribution in [-0.2, 0) is 0 Å². The topological polar surface area (TPSA) is 17.1 Å². The van der Waals surface area contributed by atoms with Gasteiger partial charge in [-0.1, -0.05) is 24.3 Å². The van der Waals surface area contributed by atoms with Gasteiger partial charge in [0, 0.05) is 16.2 Å². The minimum Gasteiger partial charge on any atom is -0.293 e. The van der Waals surface area contributed by atoms with E-state index in [1.165, 1.54) is 21.6 Å². The molecule has 0 aliphatic carbocycles. The van der Waals surface area contributed by atoms with Crippen molar-refractivity contribution in [3.63, 3.8) is 0 Å². The molecule has 1 atom stereocenters. The molecule has 0 aromatic heterocycles. The molecule has 0 spiro atoms. The predicted octanol–water partition coefficient (Wildman–Crippen LogP) is 4.68. The first-order valence-corrected chi connectivity index (χ1v) is 7.90. The number of aryl methyl sites for hydroxylation is 3. The summed E-state index contributed by atoms with van der Waals surface area (Å²) in [5, 5.41) is 0. The van der Waals surface area contributed by atoms with Crippen molar-refractivity contribution in [3.8, 4) is 0 Å². The molecule has 0 bridgehead atoms. The lowest BCUT2D eigenvalue weighted by atomic mass is 9.88. The summed E-state index contributed by atoms with van der Waals surface area (Å²) in [7, 11) is 0. The van der Waals surface area contributed by atoms with Gasteiger partial charge in [0.1, 0.15) is 0 Å². The molecule has 2 aromatic rings. The van der Waals surface area contributed by atoms with Gasteiger partial charge >= 0.3 is 0 Å². The highest BCUT2D eigenvalue weighted by Crippen LogP contribution is 2.41. The lowest BCUT2D eigenvalue weighted by molar-refractivity contribution is 0.0967. The number of rotatable bonds is 2. The monoisotopic (exact) mass is 282 g/mol. The Hall–Kier alpha value is -1.54. The summed E-state index contributed by atoms with van der Waals surface area (Å²) < 4.78 is 0. The molecule has 3 rings (SSSR count). The third-order valence-electron chi connectivity index (χ3n) is 4.12. The fraction of sp³-hybridized carbons (Fsp3) is 0.278. The quantitative estimate of drug-likeness (QED) is 0.744. The van der Waals surface area contributed by atoms with Crippen LogP contribution in [0.4, 0.5) is 0 Å². The summed E-state index contributed by atoms with van der Waals surface area (Å²) in [4.78, 5) is 14.1. The van der Waals surface area contributed by atoms with Crippen LogP contribution in [0.3, 0.4) is 0 Å². The summed E-state index contributed by atoms with van der Waals surface area (Å²) in [6.45, 7) is 6.20. The molecule has 0 N–H and O–H groups in total. The third kappa shape index (κ3) is 2.18. The van der Waals surface area contributed by atoms with Crippen LogP contribution in [0.2, 0.25) is 0 Å². The van der Waals surface area contributed by atoms with Crippen LogP contribution in [0, 0.1) is 20.8 Å². The van der Waals surface area contributed by atoms with Crippen LogP contribution in [0.1, 0.15) is 38.5 Å². The Bertz CT molecular complexity index is 688. The molecule has 0 fully saturated rings. The highest BCUT2D eigenvalue weighted by Gasteiger charge is 2.30. The zero-order chi connectivity index (χ0) is 14.3. The Morgan fingerprint density at radius 1 is 1.05 bits per heavy atom. The molecule has 0 amide bonds. The van der Waals surface area contributed by atoms with Crippen molar-refractivity contribution in [3.05, 3.63) is 64.2 Å². The van der Waals surface area contributed by atoms with Crippen molar-refractivity contribution < 1.29 is 4.79 Å². The van der Waals surface area contributed by atoms with Gasteiger partial charge in [-0.05, 0) is 55.2 Å². The molecule has 2 aromatic carbocycles. The van der Waals surface area contributed by atoms with E-state index < -0.39 is 0 Å². The molecular weight excluding hydrogens is 264 g/mol. The summed E-state index contributed by atoms with van der Waals surface area (Å²) in [5.74, 6) is 1.14. The largest absolute Gasteiger partial charge is 0.293 e. The highest BCUT2D eigenvalue weighted by molar-refractivity contribution is 7.99. The maximum Gasteiger partial charge on any atom is 0.171 e. The van der Waals surface area contributed by atoms with E-state index in [1.54, 1.807) is 11.8 Å². The van der Waals surface area contributed by atoms with Gasteiger partial charge in [-0.25, -0.2) is 0 Å². The smallest absolute Gasteiger partial charge is 0.171 e. The molecule has 0 radical (unpaired) electrons. The second-order valence-corrected chi connectivity index (χ2v) is 6.58. The van der Waals surface area contributed by atoms with E-state index in [9.17, 15) is 4.79 Å². The standard InChI is InChI=1S/C18H18OS/c1-11-8-13(3)15(9-12(11)2)18(19)16-10-20-17-7-5-4-6-14(16)17/h4-9,16H,10H2,1-3H3. The van der Waals surface area contributed by atoms with E-state index in [2.05, 4.69) is 38.1 Å². The first-order valence-electron chi connectivity index (χ1n) is 6.91. The number of carbonyl (C=O) groups excluding carboxylic acids is 1. The van der Waals surface area contributed by atoms with Crippen molar-refractivity contribution in [1.82, 2.24) is 0 Å². The van der Waals surface area contributed by atoms with E-state index in [-0.39, 0.29) is 11.7 Å². The number of hydrogen-bond acceptors (Lipinski definition) is 2. The van der Waals surface area contributed by atoms with Gasteiger partial charge in [0.05, 0.1) is 5.92 Å². The molecule has 0 saturated carbocycles. The number of carbonyl (C=O) groups is 1. The van der Waals surface area contributed by atoms with Crippen molar-refractivity contribution >= 4 is 17.5 Å². The van der Waals surface area contributed by atoms with Crippen molar-refractivity contribution in [2.45, 2.75) is 31.6 Å². The van der Waals surface area contributed by atoms with Crippen molar-refractivity contribution in [2.75, 3.05) is 5.75 Å². The fourth-order valence-electron chi connectivity index (χ4n) is 2.79. The van der Waals surface area contributed by atoms with E-state index >= 15 is 0 Å². The van der Waals surface area contributed by atoms with E-state index in [0.717, 1.165) is 16.9 Å². The average Bonchev–Trinajstić information content (AvgIpc) is 2.86. The molecule has 1 aliphatic heterocycles. The van der Waals surface area contributed by atoms with Gasteiger partial charge in [0.2, 0.25) is 0 Å². The zero-order valence-electron chi connectivity index (χ0n) is 12.1. The van der Waals surface area contributed by atoms with Crippen LogP contribution in [0.5, 0.6) is 0 Å². The summed E-state index contributed by atoms with van der Waals surface area (Å²) >= 11 is 1.79. The van der Waals surface area contributed by atoms with E-state index in [0.29, 0.717) is 0 Å². The lowest BCUT2D eigenvalue weighted by Crippen LogP contribution is -2.14. The molecule has 1 unspecified atom stereocenters. The molecule has 102 valence electrons. The Morgan fingerprint density at radius 2 is 1.75 bits per heavy atom. The Kier molecular flexibility index (Phi) is 3.43. The minimum atomic E-state index is 0.0111. The maximum atomic E-state index is 12.9. The second kappa shape index (κ2) is 5.10. The highest BCUT2D eigenvalue weighted by atomic mass is 32.2. The molecule has 20 heavy (non-hydrogen) atoms. The third-order valence-corrected chi connectivity index (χ3v) is 5.31. The van der Waals surface area contributed by atoms with Gasteiger partial charge in [-0.2, -0.15) is 0 Å². The summed E-state index contributed by atoms with van der Waals surface area (Å²) in [6.07, 6.45) is 0. The number of fused-ring (bicyclic) bond motifs is 1. The van der Waals surface area contributed by atoms with Crippen LogP contribution < -0.4 is 0 Å². The van der Waals surface area contributed by atoms with Crippen LogP contribution >= 0.6 is 11.8 Å². The van der Waals surface area contributed by atoms with Gasteiger partial charge in [-0.3, -0.25) is 4.79 Å². The number of ketones is 1. The predicted molar refractivity (Wildman–Crippen MR) is 84.9 cm³/mol. The molecule has 1 nitrogen and oxygen atoms in total. The van der Waals surface area contributed by atoms with Gasteiger partial charge in [-0.15, -0.1) is 11.8 Å².